The molecule has 0 aliphatic carbocycles. The predicted molar refractivity (Wildman–Crippen MR) is 82.2 cm³/mol. The molecular formula is C15H19ClN4. The fourth-order valence-electron chi connectivity index (χ4n) is 1.81. The summed E-state index contributed by atoms with van der Waals surface area (Å²) in [5.74, 6) is 1.77. The van der Waals surface area contributed by atoms with E-state index in [1.165, 1.54) is 0 Å². The van der Waals surface area contributed by atoms with Crippen molar-refractivity contribution in [3.63, 3.8) is 0 Å². The summed E-state index contributed by atoms with van der Waals surface area (Å²) < 4.78 is 0. The highest BCUT2D eigenvalue weighted by Crippen LogP contribution is 2.23. The third kappa shape index (κ3) is 3.45. The molecule has 2 aromatic heterocycles. The van der Waals surface area contributed by atoms with Gasteiger partial charge in [-0.25, -0.2) is 9.97 Å². The minimum atomic E-state index is 0.241. The second kappa shape index (κ2) is 6.18. The molecule has 5 heteroatoms. The van der Waals surface area contributed by atoms with Gasteiger partial charge in [-0.2, -0.15) is 0 Å². The third-order valence-corrected chi connectivity index (χ3v) is 3.37. The van der Waals surface area contributed by atoms with Gasteiger partial charge in [0.1, 0.15) is 16.8 Å². The molecule has 4 nitrogen and oxygen atoms in total. The molecule has 0 radical (unpaired) electrons. The lowest BCUT2D eigenvalue weighted by Crippen LogP contribution is -2.09. The molecule has 0 aromatic carbocycles. The lowest BCUT2D eigenvalue weighted by molar-refractivity contribution is 0.771. The molecule has 20 heavy (non-hydrogen) atoms. The number of halogens is 1. The van der Waals surface area contributed by atoms with E-state index < -0.39 is 0 Å². The number of nitrogens with zero attached hydrogens (tertiary/aromatic N) is 3. The molecule has 0 bridgehead atoms. The summed E-state index contributed by atoms with van der Waals surface area (Å²) in [6.07, 6.45) is 0. The molecule has 0 aliphatic rings. The van der Waals surface area contributed by atoms with Gasteiger partial charge in [0.05, 0.1) is 12.2 Å². The highest BCUT2D eigenvalue weighted by atomic mass is 35.5. The first kappa shape index (κ1) is 14.7. The summed E-state index contributed by atoms with van der Waals surface area (Å²) in [7, 11) is 0. The predicted octanol–water partition coefficient (Wildman–Crippen LogP) is 3.88. The summed E-state index contributed by atoms with van der Waals surface area (Å²) in [6.45, 7) is 8.61. The van der Waals surface area contributed by atoms with Crippen LogP contribution in [0.5, 0.6) is 0 Å². The van der Waals surface area contributed by atoms with Crippen LogP contribution in [0.25, 0.3) is 0 Å². The molecular weight excluding hydrogens is 272 g/mol. The van der Waals surface area contributed by atoms with Crippen LogP contribution in [0, 0.1) is 13.8 Å². The molecule has 0 atom stereocenters. The van der Waals surface area contributed by atoms with Gasteiger partial charge in [0, 0.05) is 17.2 Å². The molecule has 2 heterocycles. The second-order valence-corrected chi connectivity index (χ2v) is 5.48. The van der Waals surface area contributed by atoms with E-state index in [9.17, 15) is 0 Å². The highest BCUT2D eigenvalue weighted by Gasteiger charge is 2.11. The van der Waals surface area contributed by atoms with Gasteiger partial charge in [0.2, 0.25) is 0 Å². The number of hydrogen-bond donors (Lipinski definition) is 1. The first-order valence-electron chi connectivity index (χ1n) is 6.68. The smallest absolute Gasteiger partial charge is 0.137 e. The van der Waals surface area contributed by atoms with E-state index in [-0.39, 0.29) is 5.92 Å². The molecule has 0 amide bonds. The molecule has 2 rings (SSSR count). The van der Waals surface area contributed by atoms with Gasteiger partial charge < -0.3 is 5.32 Å². The van der Waals surface area contributed by atoms with Crippen molar-refractivity contribution in [3.05, 3.63) is 46.1 Å². The molecule has 0 fully saturated rings. The summed E-state index contributed by atoms with van der Waals surface area (Å²) in [5, 5.41) is 3.80. The highest BCUT2D eigenvalue weighted by molar-refractivity contribution is 6.30. The summed E-state index contributed by atoms with van der Waals surface area (Å²) in [4.78, 5) is 13.3. The van der Waals surface area contributed by atoms with Crippen molar-refractivity contribution in [3.8, 4) is 0 Å². The Labute approximate surface area is 124 Å². The van der Waals surface area contributed by atoms with Gasteiger partial charge in [-0.3, -0.25) is 4.98 Å². The number of aryl methyl sites for hydroxylation is 1. The average molecular weight is 291 g/mol. The van der Waals surface area contributed by atoms with Crippen LogP contribution < -0.4 is 5.32 Å². The van der Waals surface area contributed by atoms with Crippen LogP contribution in [-0.2, 0) is 6.54 Å². The number of aromatic nitrogens is 3. The van der Waals surface area contributed by atoms with E-state index >= 15 is 0 Å². The Morgan fingerprint density at radius 3 is 2.55 bits per heavy atom. The summed E-state index contributed by atoms with van der Waals surface area (Å²) in [5.41, 5.74) is 2.85. The van der Waals surface area contributed by atoms with Crippen molar-refractivity contribution in [2.75, 3.05) is 5.32 Å². The van der Waals surface area contributed by atoms with Gasteiger partial charge >= 0.3 is 0 Å². The number of hydrogen-bond acceptors (Lipinski definition) is 4. The number of pyridine rings is 1. The topological polar surface area (TPSA) is 50.7 Å². The van der Waals surface area contributed by atoms with Crippen molar-refractivity contribution in [1.29, 1.82) is 0 Å². The lowest BCUT2D eigenvalue weighted by atomic mass is 10.2. The molecule has 106 valence electrons. The van der Waals surface area contributed by atoms with Gasteiger partial charge in [-0.05, 0) is 26.0 Å². The fraction of sp³-hybridized carbons (Fsp3) is 0.400. The Morgan fingerprint density at radius 1 is 1.15 bits per heavy atom. The van der Waals surface area contributed by atoms with Crippen molar-refractivity contribution in [1.82, 2.24) is 15.0 Å². The van der Waals surface area contributed by atoms with E-state index in [2.05, 4.69) is 20.3 Å². The number of nitrogens with one attached hydrogen (secondary N) is 1. The minimum Gasteiger partial charge on any atom is -0.364 e. The quantitative estimate of drug-likeness (QED) is 0.868. The Hall–Kier alpha value is -1.68. The van der Waals surface area contributed by atoms with E-state index in [0.29, 0.717) is 11.7 Å². The number of anilines is 1. The number of rotatable bonds is 4. The molecule has 2 aromatic rings. The maximum Gasteiger partial charge on any atom is 0.137 e. The van der Waals surface area contributed by atoms with Gasteiger partial charge in [-0.1, -0.05) is 31.5 Å². The van der Waals surface area contributed by atoms with Crippen molar-refractivity contribution < 1.29 is 0 Å². The van der Waals surface area contributed by atoms with E-state index in [0.717, 1.165) is 28.6 Å². The molecule has 0 unspecified atom stereocenters. The van der Waals surface area contributed by atoms with Crippen LogP contribution in [0.15, 0.2) is 18.2 Å². The van der Waals surface area contributed by atoms with Crippen LogP contribution in [0.1, 0.15) is 42.5 Å². The first-order valence-corrected chi connectivity index (χ1v) is 7.05. The van der Waals surface area contributed by atoms with Gasteiger partial charge in [0.15, 0.2) is 0 Å². The van der Waals surface area contributed by atoms with Crippen molar-refractivity contribution in [2.24, 2.45) is 0 Å². The SMILES string of the molecule is Cc1cccc(CNc2nc(C(C)C)nc(Cl)c2C)n1. The standard InChI is InChI=1S/C15H19ClN4/c1-9(2)14-19-13(16)11(4)15(20-14)17-8-12-7-5-6-10(3)18-12/h5-7,9H,8H2,1-4H3,(H,17,19,20). The Kier molecular flexibility index (Phi) is 4.55. The van der Waals surface area contributed by atoms with Crippen LogP contribution in [0.2, 0.25) is 5.15 Å². The zero-order valence-corrected chi connectivity index (χ0v) is 13.0. The monoisotopic (exact) mass is 290 g/mol. The zero-order valence-electron chi connectivity index (χ0n) is 12.2. The fourth-order valence-corrected chi connectivity index (χ4v) is 1.98. The second-order valence-electron chi connectivity index (χ2n) is 5.12. The average Bonchev–Trinajstić information content (AvgIpc) is 2.40. The van der Waals surface area contributed by atoms with Gasteiger partial charge in [0.25, 0.3) is 0 Å². The molecule has 1 N–H and O–H groups in total. The van der Waals surface area contributed by atoms with Crippen molar-refractivity contribution in [2.45, 2.75) is 40.2 Å². The Morgan fingerprint density at radius 2 is 1.90 bits per heavy atom. The molecule has 0 spiro atoms. The van der Waals surface area contributed by atoms with Crippen molar-refractivity contribution >= 4 is 17.4 Å². The molecule has 0 saturated heterocycles. The van der Waals surface area contributed by atoms with Crippen LogP contribution in [0.4, 0.5) is 5.82 Å². The Bertz CT molecular complexity index is 611. The maximum absolute atomic E-state index is 6.16. The van der Waals surface area contributed by atoms with E-state index in [1.54, 1.807) is 0 Å². The minimum absolute atomic E-state index is 0.241. The van der Waals surface area contributed by atoms with Gasteiger partial charge in [-0.15, -0.1) is 0 Å². The third-order valence-electron chi connectivity index (χ3n) is 3.00. The van der Waals surface area contributed by atoms with Crippen LogP contribution in [-0.4, -0.2) is 15.0 Å². The summed E-state index contributed by atoms with van der Waals surface area (Å²) in [6, 6.07) is 5.97. The molecule has 0 saturated carbocycles. The largest absolute Gasteiger partial charge is 0.364 e. The van der Waals surface area contributed by atoms with Crippen LogP contribution >= 0.6 is 11.6 Å². The first-order chi connectivity index (χ1) is 9.47. The summed E-state index contributed by atoms with van der Waals surface area (Å²) >= 11 is 6.16. The van der Waals surface area contributed by atoms with E-state index in [1.807, 2.05) is 45.9 Å². The normalized spacial score (nSPS) is 10.9. The zero-order chi connectivity index (χ0) is 14.7. The lowest BCUT2D eigenvalue weighted by Gasteiger charge is -2.12. The molecule has 0 aliphatic heterocycles. The van der Waals surface area contributed by atoms with E-state index in [4.69, 9.17) is 11.6 Å². The maximum atomic E-state index is 6.16. The van der Waals surface area contributed by atoms with Crippen LogP contribution in [0.3, 0.4) is 0 Å². The Balaban J connectivity index is 2.20.